The van der Waals surface area contributed by atoms with Crippen molar-refractivity contribution in [3.05, 3.63) is 35.0 Å². The predicted octanol–water partition coefficient (Wildman–Crippen LogP) is 0.934. The van der Waals surface area contributed by atoms with Gasteiger partial charge in [0.15, 0.2) is 0 Å². The van der Waals surface area contributed by atoms with Crippen molar-refractivity contribution in [3.8, 4) is 0 Å². The maximum absolute atomic E-state index is 12.0. The molecule has 0 aliphatic carbocycles. The number of nitrogens with one attached hydrogen (secondary N) is 2. The van der Waals surface area contributed by atoms with Crippen LogP contribution in [-0.4, -0.2) is 20.6 Å². The van der Waals surface area contributed by atoms with Crippen LogP contribution in [-0.2, 0) is 23.1 Å². The number of hydrogen-bond donors (Lipinski definition) is 2. The highest BCUT2D eigenvalue weighted by Gasteiger charge is 2.16. The minimum absolute atomic E-state index is 0.123. The van der Waals surface area contributed by atoms with E-state index < -0.39 is 10.0 Å². The molecule has 0 fully saturated rings. The quantitative estimate of drug-likeness (QED) is 0.826. The molecule has 2 heterocycles. The largest absolute Gasteiger partial charge is 0.364 e. The zero-order valence-corrected chi connectivity index (χ0v) is 11.3. The van der Waals surface area contributed by atoms with Gasteiger partial charge in [0.1, 0.15) is 10.5 Å². The topological polar surface area (TPSA) is 84.2 Å². The molecule has 0 atom stereocenters. The summed E-state index contributed by atoms with van der Waals surface area (Å²) in [6, 6.07) is 5.01. The summed E-state index contributed by atoms with van der Waals surface area (Å²) in [5, 5.41) is 6.62. The van der Waals surface area contributed by atoms with Crippen molar-refractivity contribution >= 4 is 21.4 Å². The SMILES string of the molecule is CNCc1ccc(S(=O)(=O)NCc2ccon2)s1. The van der Waals surface area contributed by atoms with Crippen molar-refractivity contribution in [1.82, 2.24) is 15.2 Å². The number of thiophene rings is 1. The molecular formula is C10H13N3O3S2. The summed E-state index contributed by atoms with van der Waals surface area (Å²) in [7, 11) is -1.66. The average molecular weight is 287 g/mol. The summed E-state index contributed by atoms with van der Waals surface area (Å²) in [6.45, 7) is 0.779. The van der Waals surface area contributed by atoms with Crippen LogP contribution < -0.4 is 10.0 Å². The van der Waals surface area contributed by atoms with E-state index in [0.717, 1.165) is 4.88 Å². The molecule has 6 nitrogen and oxygen atoms in total. The monoisotopic (exact) mass is 287 g/mol. The first-order valence-corrected chi connectivity index (χ1v) is 7.54. The Bertz CT molecular complexity index is 590. The molecule has 98 valence electrons. The van der Waals surface area contributed by atoms with E-state index in [4.69, 9.17) is 0 Å². The van der Waals surface area contributed by atoms with Crippen molar-refractivity contribution in [2.75, 3.05) is 7.05 Å². The Labute approximate surface area is 109 Å². The van der Waals surface area contributed by atoms with E-state index in [9.17, 15) is 8.42 Å². The molecule has 0 spiro atoms. The van der Waals surface area contributed by atoms with E-state index in [1.165, 1.54) is 17.6 Å². The number of hydrogen-bond acceptors (Lipinski definition) is 6. The van der Waals surface area contributed by atoms with Crippen molar-refractivity contribution in [2.45, 2.75) is 17.3 Å². The van der Waals surface area contributed by atoms with E-state index in [-0.39, 0.29) is 6.54 Å². The molecule has 0 aliphatic rings. The highest BCUT2D eigenvalue weighted by atomic mass is 32.2. The van der Waals surface area contributed by atoms with Gasteiger partial charge in [-0.3, -0.25) is 0 Å². The Morgan fingerprint density at radius 2 is 2.17 bits per heavy atom. The van der Waals surface area contributed by atoms with E-state index in [1.54, 1.807) is 18.2 Å². The van der Waals surface area contributed by atoms with E-state index in [1.807, 2.05) is 7.05 Å². The molecule has 0 saturated heterocycles. The van der Waals surface area contributed by atoms with Gasteiger partial charge in [0, 0.05) is 17.5 Å². The lowest BCUT2D eigenvalue weighted by Gasteiger charge is -2.01. The first-order chi connectivity index (χ1) is 8.62. The molecule has 0 bridgehead atoms. The van der Waals surface area contributed by atoms with Gasteiger partial charge in [-0.15, -0.1) is 11.3 Å². The standard InChI is InChI=1S/C10H13N3O3S2/c1-11-7-9-2-3-10(17-9)18(14,15)12-6-8-4-5-16-13-8/h2-5,11-12H,6-7H2,1H3. The highest BCUT2D eigenvalue weighted by Crippen LogP contribution is 2.21. The zero-order chi connectivity index (χ0) is 13.0. The van der Waals surface area contributed by atoms with E-state index in [2.05, 4.69) is 19.7 Å². The van der Waals surface area contributed by atoms with E-state index >= 15 is 0 Å². The Morgan fingerprint density at radius 3 is 2.83 bits per heavy atom. The van der Waals surface area contributed by atoms with Crippen LogP contribution in [0.3, 0.4) is 0 Å². The maximum Gasteiger partial charge on any atom is 0.250 e. The predicted molar refractivity (Wildman–Crippen MR) is 67.6 cm³/mol. The van der Waals surface area contributed by atoms with Crippen LogP contribution in [0.15, 0.2) is 33.2 Å². The molecule has 0 unspecified atom stereocenters. The van der Waals surface area contributed by atoms with Gasteiger partial charge in [-0.1, -0.05) is 5.16 Å². The minimum atomic E-state index is -3.47. The molecule has 8 heteroatoms. The fourth-order valence-corrected chi connectivity index (χ4v) is 3.75. The van der Waals surface area contributed by atoms with Crippen molar-refractivity contribution in [1.29, 1.82) is 0 Å². The molecular weight excluding hydrogens is 274 g/mol. The third-order valence-corrected chi connectivity index (χ3v) is 5.17. The van der Waals surface area contributed by atoms with E-state index in [0.29, 0.717) is 16.4 Å². The Hall–Kier alpha value is -1.22. The third kappa shape index (κ3) is 3.16. The lowest BCUT2D eigenvalue weighted by Crippen LogP contribution is -2.22. The number of rotatable bonds is 6. The van der Waals surface area contributed by atoms with Gasteiger partial charge in [0.2, 0.25) is 10.0 Å². The van der Waals surface area contributed by atoms with Crippen LogP contribution in [0.5, 0.6) is 0 Å². The molecule has 0 aliphatic heterocycles. The normalized spacial score (nSPS) is 11.8. The summed E-state index contributed by atoms with van der Waals surface area (Å²) in [5.41, 5.74) is 0.547. The molecule has 0 amide bonds. The van der Waals surface area contributed by atoms with Crippen molar-refractivity contribution in [3.63, 3.8) is 0 Å². The van der Waals surface area contributed by atoms with Gasteiger partial charge in [0.05, 0.1) is 12.2 Å². The van der Waals surface area contributed by atoms with Gasteiger partial charge in [-0.2, -0.15) is 0 Å². The maximum atomic E-state index is 12.0. The minimum Gasteiger partial charge on any atom is -0.364 e. The van der Waals surface area contributed by atoms with Gasteiger partial charge in [-0.05, 0) is 19.2 Å². The second-order valence-corrected chi connectivity index (χ2v) is 6.73. The summed E-state index contributed by atoms with van der Waals surface area (Å²) in [6.07, 6.45) is 1.40. The van der Waals surface area contributed by atoms with Gasteiger partial charge < -0.3 is 9.84 Å². The summed E-state index contributed by atoms with van der Waals surface area (Å²) >= 11 is 1.24. The molecule has 0 saturated carbocycles. The van der Waals surface area contributed by atoms with Crippen molar-refractivity contribution in [2.24, 2.45) is 0 Å². The Morgan fingerprint density at radius 1 is 1.33 bits per heavy atom. The summed E-state index contributed by atoms with van der Waals surface area (Å²) < 4.78 is 31.3. The second-order valence-electron chi connectivity index (χ2n) is 3.57. The molecule has 2 N–H and O–H groups in total. The van der Waals surface area contributed by atoms with Crippen LogP contribution in [0.1, 0.15) is 10.6 Å². The summed E-state index contributed by atoms with van der Waals surface area (Å²) in [4.78, 5) is 0.972. The molecule has 2 rings (SSSR count). The Balaban J connectivity index is 2.05. The molecule has 0 aromatic carbocycles. The Kier molecular flexibility index (Phi) is 4.12. The first kappa shape index (κ1) is 13.2. The molecule has 18 heavy (non-hydrogen) atoms. The van der Waals surface area contributed by atoms with Gasteiger partial charge in [0.25, 0.3) is 0 Å². The lowest BCUT2D eigenvalue weighted by atomic mass is 10.5. The average Bonchev–Trinajstić information content (AvgIpc) is 2.98. The van der Waals surface area contributed by atoms with Gasteiger partial charge >= 0.3 is 0 Å². The summed E-state index contributed by atoms with van der Waals surface area (Å²) in [5.74, 6) is 0. The lowest BCUT2D eigenvalue weighted by molar-refractivity contribution is 0.411. The zero-order valence-electron chi connectivity index (χ0n) is 9.71. The number of sulfonamides is 1. The van der Waals surface area contributed by atoms with Crippen LogP contribution in [0, 0.1) is 0 Å². The van der Waals surface area contributed by atoms with Crippen LogP contribution >= 0.6 is 11.3 Å². The fourth-order valence-electron chi connectivity index (χ4n) is 1.34. The highest BCUT2D eigenvalue weighted by molar-refractivity contribution is 7.91. The van der Waals surface area contributed by atoms with Crippen molar-refractivity contribution < 1.29 is 12.9 Å². The number of aromatic nitrogens is 1. The van der Waals surface area contributed by atoms with Gasteiger partial charge in [-0.25, -0.2) is 13.1 Å². The van der Waals surface area contributed by atoms with Crippen LogP contribution in [0.4, 0.5) is 0 Å². The molecule has 2 aromatic heterocycles. The molecule has 0 radical (unpaired) electrons. The second kappa shape index (κ2) is 5.61. The smallest absolute Gasteiger partial charge is 0.250 e. The van der Waals surface area contributed by atoms with Crippen LogP contribution in [0.2, 0.25) is 0 Å². The fraction of sp³-hybridized carbons (Fsp3) is 0.300. The molecule has 2 aromatic rings. The number of nitrogens with zero attached hydrogens (tertiary/aromatic N) is 1. The first-order valence-electron chi connectivity index (χ1n) is 5.24. The third-order valence-electron chi connectivity index (χ3n) is 2.19. The van der Waals surface area contributed by atoms with Crippen LogP contribution in [0.25, 0.3) is 0 Å².